The van der Waals surface area contributed by atoms with E-state index in [0.29, 0.717) is 46.6 Å². The van der Waals surface area contributed by atoms with Gasteiger partial charge in [-0.1, -0.05) is 60.3 Å². The van der Waals surface area contributed by atoms with Crippen molar-refractivity contribution >= 4 is 23.4 Å². The first-order chi connectivity index (χ1) is 16.6. The number of rotatable bonds is 7. The molecule has 2 aliphatic rings. The zero-order chi connectivity index (χ0) is 23.5. The number of anilines is 1. The molecule has 0 saturated carbocycles. The van der Waals surface area contributed by atoms with Crippen molar-refractivity contribution in [2.24, 2.45) is 0 Å². The molecule has 0 unspecified atom stereocenters. The molecule has 2 heterocycles. The first-order valence-electron chi connectivity index (χ1n) is 11.3. The Hall–Kier alpha value is -3.58. The van der Waals surface area contributed by atoms with Crippen LogP contribution in [0.4, 0.5) is 5.82 Å². The van der Waals surface area contributed by atoms with Gasteiger partial charge >= 0.3 is 0 Å². The molecule has 7 heteroatoms. The van der Waals surface area contributed by atoms with E-state index in [9.17, 15) is 9.59 Å². The Morgan fingerprint density at radius 1 is 1.12 bits per heavy atom. The molecule has 34 heavy (non-hydrogen) atoms. The van der Waals surface area contributed by atoms with Gasteiger partial charge in [0.05, 0.1) is 5.56 Å². The van der Waals surface area contributed by atoms with Crippen molar-refractivity contribution in [2.45, 2.75) is 36.9 Å². The lowest BCUT2D eigenvalue weighted by atomic mass is 9.76. The Labute approximate surface area is 202 Å². The minimum atomic E-state index is -0.492. The molecule has 1 aliphatic carbocycles. The van der Waals surface area contributed by atoms with Crippen molar-refractivity contribution in [3.63, 3.8) is 0 Å². The summed E-state index contributed by atoms with van der Waals surface area (Å²) in [4.78, 5) is 33.9. The average molecular weight is 472 g/mol. The summed E-state index contributed by atoms with van der Waals surface area (Å²) in [5.74, 6) is 1.43. The van der Waals surface area contributed by atoms with E-state index in [1.54, 1.807) is 6.08 Å². The van der Waals surface area contributed by atoms with Gasteiger partial charge in [0.2, 0.25) is 0 Å². The lowest BCUT2D eigenvalue weighted by Crippen LogP contribution is -2.32. The Morgan fingerprint density at radius 3 is 2.79 bits per heavy atom. The number of H-pyrrole nitrogens is 1. The first kappa shape index (κ1) is 22.2. The maximum absolute atomic E-state index is 13.3. The van der Waals surface area contributed by atoms with E-state index >= 15 is 0 Å². The van der Waals surface area contributed by atoms with Crippen molar-refractivity contribution < 1.29 is 9.53 Å². The molecule has 172 valence electrons. The molecule has 0 radical (unpaired) electrons. The first-order valence-corrected chi connectivity index (χ1v) is 12.3. The van der Waals surface area contributed by atoms with Crippen LogP contribution >= 0.6 is 11.8 Å². The van der Waals surface area contributed by atoms with Gasteiger partial charge in [0.25, 0.3) is 5.56 Å². The number of ether oxygens (including phenoxy) is 1. The molecule has 5 rings (SSSR count). The van der Waals surface area contributed by atoms with Crippen LogP contribution in [0.3, 0.4) is 0 Å². The number of hydrogen-bond donors (Lipinski definition) is 2. The second-order valence-corrected chi connectivity index (χ2v) is 9.32. The zero-order valence-electron chi connectivity index (χ0n) is 18.7. The summed E-state index contributed by atoms with van der Waals surface area (Å²) in [6.45, 7) is 4.17. The van der Waals surface area contributed by atoms with Gasteiger partial charge in [-0.3, -0.25) is 9.59 Å². The molecule has 2 N–H and O–H groups in total. The van der Waals surface area contributed by atoms with E-state index in [1.165, 1.54) is 11.8 Å². The van der Waals surface area contributed by atoms with Gasteiger partial charge < -0.3 is 15.0 Å². The summed E-state index contributed by atoms with van der Waals surface area (Å²) in [5, 5.41) is 3.83. The molecular weight excluding hydrogens is 446 g/mol. The standard InChI is InChI=1S/C27H25N3O3S/c1-2-14-34-27-29-25-24(26(32)30-27)22(23-20(28-25)12-7-13-21(23)31)18-10-6-11-19(15-18)33-16-17-8-4-3-5-9-17/h2-6,8-11,15,22H,1,7,12-14,16H2,(H2,28,29,30,32)/t22-/m1/s1. The van der Waals surface area contributed by atoms with Gasteiger partial charge in [0, 0.05) is 29.4 Å². The maximum Gasteiger partial charge on any atom is 0.257 e. The number of carbonyl (C=O) groups is 1. The smallest absolute Gasteiger partial charge is 0.257 e. The molecule has 0 saturated heterocycles. The van der Waals surface area contributed by atoms with Gasteiger partial charge in [-0.05, 0) is 36.1 Å². The number of nitrogens with one attached hydrogen (secondary N) is 2. The van der Waals surface area contributed by atoms with E-state index in [-0.39, 0.29) is 11.3 Å². The van der Waals surface area contributed by atoms with Crippen LogP contribution in [0.25, 0.3) is 0 Å². The number of ketones is 1. The van der Waals surface area contributed by atoms with Crippen molar-refractivity contribution in [1.82, 2.24) is 9.97 Å². The van der Waals surface area contributed by atoms with E-state index in [1.807, 2.05) is 54.6 Å². The minimum Gasteiger partial charge on any atom is -0.489 e. The summed E-state index contributed by atoms with van der Waals surface area (Å²) in [6.07, 6.45) is 3.79. The second kappa shape index (κ2) is 9.73. The van der Waals surface area contributed by atoms with Gasteiger partial charge in [-0.2, -0.15) is 0 Å². The molecule has 2 aromatic carbocycles. The molecule has 1 aliphatic heterocycles. The molecule has 0 bridgehead atoms. The molecule has 6 nitrogen and oxygen atoms in total. The maximum atomic E-state index is 13.3. The largest absolute Gasteiger partial charge is 0.489 e. The lowest BCUT2D eigenvalue weighted by molar-refractivity contribution is -0.116. The van der Waals surface area contributed by atoms with Crippen molar-refractivity contribution in [1.29, 1.82) is 0 Å². The number of hydrogen-bond acceptors (Lipinski definition) is 6. The molecule has 0 amide bonds. The number of thioether (sulfide) groups is 1. The number of carbonyl (C=O) groups excluding carboxylic acids is 1. The van der Waals surface area contributed by atoms with Gasteiger partial charge in [-0.15, -0.1) is 6.58 Å². The Kier molecular flexibility index (Phi) is 6.36. The van der Waals surface area contributed by atoms with Crippen LogP contribution in [0.15, 0.2) is 88.5 Å². The molecule has 1 aromatic heterocycles. The van der Waals surface area contributed by atoms with E-state index in [0.717, 1.165) is 29.7 Å². The summed E-state index contributed by atoms with van der Waals surface area (Å²) in [5.41, 5.74) is 3.67. The number of benzene rings is 2. The van der Waals surface area contributed by atoms with Gasteiger partial charge in [0.15, 0.2) is 10.9 Å². The van der Waals surface area contributed by atoms with Crippen LogP contribution < -0.4 is 15.6 Å². The highest BCUT2D eigenvalue weighted by molar-refractivity contribution is 7.99. The third-order valence-corrected chi connectivity index (χ3v) is 6.88. The van der Waals surface area contributed by atoms with Crippen molar-refractivity contribution in [2.75, 3.05) is 11.1 Å². The molecule has 0 spiro atoms. The fraction of sp³-hybridized carbons (Fsp3) is 0.222. The van der Waals surface area contributed by atoms with Crippen LogP contribution in [0.2, 0.25) is 0 Å². The monoisotopic (exact) mass is 471 g/mol. The highest BCUT2D eigenvalue weighted by atomic mass is 32.2. The molecular formula is C27H25N3O3S. The van der Waals surface area contributed by atoms with Gasteiger partial charge in [0.1, 0.15) is 18.2 Å². The predicted molar refractivity (Wildman–Crippen MR) is 134 cm³/mol. The highest BCUT2D eigenvalue weighted by Crippen LogP contribution is 2.44. The highest BCUT2D eigenvalue weighted by Gasteiger charge is 2.38. The average Bonchev–Trinajstić information content (AvgIpc) is 2.86. The summed E-state index contributed by atoms with van der Waals surface area (Å²) < 4.78 is 6.04. The Morgan fingerprint density at radius 2 is 1.97 bits per heavy atom. The fourth-order valence-electron chi connectivity index (χ4n) is 4.50. The molecule has 3 aromatic rings. The third kappa shape index (κ3) is 4.43. The fourth-order valence-corrected chi connectivity index (χ4v) is 5.10. The number of fused-ring (bicyclic) bond motifs is 1. The van der Waals surface area contributed by atoms with Crippen LogP contribution in [0.5, 0.6) is 5.75 Å². The molecule has 0 fully saturated rings. The SMILES string of the molecule is C=CCSc1nc2c(c(=O)[nH]1)[C@H](c1cccc(OCc3ccccc3)c1)C1=C(CCCC1=O)N2. The normalized spacial score (nSPS) is 16.9. The quantitative estimate of drug-likeness (QED) is 0.280. The number of Topliss-reactive ketones (excluding diaryl/α,β-unsaturated/α-hetero) is 1. The zero-order valence-corrected chi connectivity index (χ0v) is 19.5. The number of aromatic nitrogens is 2. The van der Waals surface area contributed by atoms with E-state index in [2.05, 4.69) is 21.9 Å². The van der Waals surface area contributed by atoms with Crippen molar-refractivity contribution in [3.8, 4) is 5.75 Å². The lowest BCUT2D eigenvalue weighted by Gasteiger charge is -2.32. The third-order valence-electron chi connectivity index (χ3n) is 6.01. The Balaban J connectivity index is 1.55. The minimum absolute atomic E-state index is 0.0736. The van der Waals surface area contributed by atoms with Gasteiger partial charge in [-0.25, -0.2) is 4.98 Å². The van der Waals surface area contributed by atoms with E-state index < -0.39 is 5.92 Å². The van der Waals surface area contributed by atoms with Crippen LogP contribution in [-0.4, -0.2) is 21.5 Å². The second-order valence-electron chi connectivity index (χ2n) is 8.31. The van der Waals surface area contributed by atoms with E-state index in [4.69, 9.17) is 4.74 Å². The summed E-state index contributed by atoms with van der Waals surface area (Å²) in [6, 6.07) is 17.6. The van der Waals surface area contributed by atoms with Crippen molar-refractivity contribution in [3.05, 3.63) is 106 Å². The topological polar surface area (TPSA) is 84.1 Å². The molecule has 1 atom stereocenters. The summed E-state index contributed by atoms with van der Waals surface area (Å²) >= 11 is 1.41. The predicted octanol–water partition coefficient (Wildman–Crippen LogP) is 5.19. The van der Waals surface area contributed by atoms with Crippen LogP contribution in [0, 0.1) is 0 Å². The van der Waals surface area contributed by atoms with Crippen LogP contribution in [-0.2, 0) is 11.4 Å². The number of nitrogens with zero attached hydrogens (tertiary/aromatic N) is 1. The summed E-state index contributed by atoms with van der Waals surface area (Å²) in [7, 11) is 0. The number of aromatic amines is 1. The Bertz CT molecular complexity index is 1330. The number of allylic oxidation sites excluding steroid dienone is 2. The van der Waals surface area contributed by atoms with Crippen LogP contribution in [0.1, 0.15) is 41.9 Å².